The van der Waals surface area contributed by atoms with Crippen LogP contribution < -0.4 is 5.32 Å². The molecule has 0 saturated carbocycles. The molecule has 30 heavy (non-hydrogen) atoms. The van der Waals surface area contributed by atoms with Crippen molar-refractivity contribution in [2.24, 2.45) is 0 Å². The molecule has 0 saturated heterocycles. The molecule has 0 aliphatic rings. The van der Waals surface area contributed by atoms with Crippen molar-refractivity contribution >= 4 is 23.6 Å². The highest BCUT2D eigenvalue weighted by Gasteiger charge is 2.26. The summed E-state index contributed by atoms with van der Waals surface area (Å²) in [5.74, 6) is 0.390. The molecule has 2 rings (SSSR count). The first-order valence-electron chi connectivity index (χ1n) is 10.3. The lowest BCUT2D eigenvalue weighted by atomic mass is 10.1. The Bertz CT molecular complexity index is 841. The van der Waals surface area contributed by atoms with Crippen LogP contribution in [0.1, 0.15) is 43.9 Å². The molecule has 0 unspecified atom stereocenters. The van der Waals surface area contributed by atoms with Crippen molar-refractivity contribution in [3.05, 3.63) is 71.0 Å². The molecule has 0 fully saturated rings. The smallest absolute Gasteiger partial charge is 0.242 e. The molecule has 0 aromatic heterocycles. The lowest BCUT2D eigenvalue weighted by molar-refractivity contribution is -0.138. The van der Waals surface area contributed by atoms with Crippen LogP contribution in [-0.4, -0.2) is 34.6 Å². The van der Waals surface area contributed by atoms with Crippen molar-refractivity contribution in [3.8, 4) is 0 Å². The standard InChI is InChI=1S/C24H31FN2O2S/c1-5-18(3)26-24(29)19(4)27(14-20-9-11-22(25)12-10-20)23(28)16-30-15-21-8-6-7-17(2)13-21/h6-13,18-19H,5,14-16H2,1-4H3,(H,26,29)/t18-,19+/m0/s1. The third-order valence-electron chi connectivity index (χ3n) is 5.01. The minimum Gasteiger partial charge on any atom is -0.352 e. The molecule has 2 aromatic rings. The molecule has 0 bridgehead atoms. The highest BCUT2D eigenvalue weighted by molar-refractivity contribution is 7.99. The minimum absolute atomic E-state index is 0.0402. The van der Waals surface area contributed by atoms with Crippen LogP contribution in [0.3, 0.4) is 0 Å². The quantitative estimate of drug-likeness (QED) is 0.594. The molecule has 1 N–H and O–H groups in total. The average molecular weight is 431 g/mol. The summed E-state index contributed by atoms with van der Waals surface area (Å²) in [4.78, 5) is 27.3. The van der Waals surface area contributed by atoms with Crippen molar-refractivity contribution < 1.29 is 14.0 Å². The van der Waals surface area contributed by atoms with Gasteiger partial charge in [0, 0.05) is 18.3 Å². The van der Waals surface area contributed by atoms with Gasteiger partial charge in [-0.3, -0.25) is 9.59 Å². The molecule has 162 valence electrons. The van der Waals surface area contributed by atoms with Gasteiger partial charge in [0.1, 0.15) is 11.9 Å². The van der Waals surface area contributed by atoms with E-state index in [4.69, 9.17) is 0 Å². The number of thioether (sulfide) groups is 1. The largest absolute Gasteiger partial charge is 0.352 e. The van der Waals surface area contributed by atoms with Gasteiger partial charge in [-0.15, -0.1) is 11.8 Å². The van der Waals surface area contributed by atoms with Crippen molar-refractivity contribution in [3.63, 3.8) is 0 Å². The number of rotatable bonds is 10. The van der Waals surface area contributed by atoms with Gasteiger partial charge in [-0.2, -0.15) is 0 Å². The Hall–Kier alpha value is -2.34. The van der Waals surface area contributed by atoms with Gasteiger partial charge in [0.05, 0.1) is 5.75 Å². The highest BCUT2D eigenvalue weighted by atomic mass is 32.2. The number of halogens is 1. The van der Waals surface area contributed by atoms with Crippen LogP contribution in [0.2, 0.25) is 0 Å². The van der Waals surface area contributed by atoms with Gasteiger partial charge in [0.25, 0.3) is 0 Å². The molecule has 6 heteroatoms. The van der Waals surface area contributed by atoms with E-state index < -0.39 is 6.04 Å². The van der Waals surface area contributed by atoms with Crippen LogP contribution in [0.5, 0.6) is 0 Å². The first-order valence-corrected chi connectivity index (χ1v) is 11.4. The monoisotopic (exact) mass is 430 g/mol. The average Bonchev–Trinajstić information content (AvgIpc) is 2.72. The van der Waals surface area contributed by atoms with Gasteiger partial charge in [0.2, 0.25) is 11.8 Å². The van der Waals surface area contributed by atoms with E-state index in [1.54, 1.807) is 24.0 Å². The summed E-state index contributed by atoms with van der Waals surface area (Å²) >= 11 is 1.53. The highest BCUT2D eigenvalue weighted by Crippen LogP contribution is 2.17. The fourth-order valence-corrected chi connectivity index (χ4v) is 3.83. The summed E-state index contributed by atoms with van der Waals surface area (Å²) in [5.41, 5.74) is 3.14. The van der Waals surface area contributed by atoms with Crippen molar-refractivity contribution in [2.45, 2.75) is 58.5 Å². The molecular weight excluding hydrogens is 399 g/mol. The predicted octanol–water partition coefficient (Wildman–Crippen LogP) is 4.70. The Kier molecular flexibility index (Phi) is 9.37. The molecule has 0 aliphatic heterocycles. The van der Waals surface area contributed by atoms with Gasteiger partial charge < -0.3 is 10.2 Å². The van der Waals surface area contributed by atoms with Gasteiger partial charge in [0.15, 0.2) is 0 Å². The fourth-order valence-electron chi connectivity index (χ4n) is 2.98. The van der Waals surface area contributed by atoms with Gasteiger partial charge in [-0.25, -0.2) is 4.39 Å². The first-order chi connectivity index (χ1) is 14.3. The number of aryl methyl sites for hydroxylation is 1. The van der Waals surface area contributed by atoms with E-state index >= 15 is 0 Å². The van der Waals surface area contributed by atoms with Crippen molar-refractivity contribution in [2.75, 3.05) is 5.75 Å². The zero-order chi connectivity index (χ0) is 22.1. The summed E-state index contributed by atoms with van der Waals surface area (Å²) in [5, 5.41) is 2.95. The van der Waals surface area contributed by atoms with Gasteiger partial charge in [-0.1, -0.05) is 48.9 Å². The number of amides is 2. The third-order valence-corrected chi connectivity index (χ3v) is 6.00. The Morgan fingerprint density at radius 3 is 2.43 bits per heavy atom. The number of nitrogens with zero attached hydrogens (tertiary/aromatic N) is 1. The zero-order valence-corrected chi connectivity index (χ0v) is 19.0. The van der Waals surface area contributed by atoms with Crippen molar-refractivity contribution in [1.82, 2.24) is 10.2 Å². The molecule has 2 aromatic carbocycles. The summed E-state index contributed by atoms with van der Waals surface area (Å²) in [6, 6.07) is 13.7. The SMILES string of the molecule is CC[C@H](C)NC(=O)[C@@H](C)N(Cc1ccc(F)cc1)C(=O)CSCc1cccc(C)c1. The van der Waals surface area contributed by atoms with E-state index in [-0.39, 0.29) is 36.0 Å². The first kappa shape index (κ1) is 23.9. The second-order valence-electron chi connectivity index (χ2n) is 7.62. The van der Waals surface area contributed by atoms with E-state index in [9.17, 15) is 14.0 Å². The van der Waals surface area contributed by atoms with Crippen LogP contribution in [0.4, 0.5) is 4.39 Å². The lowest BCUT2D eigenvalue weighted by Crippen LogP contribution is -2.50. The molecule has 0 aliphatic carbocycles. The second kappa shape index (κ2) is 11.7. The number of hydrogen-bond acceptors (Lipinski definition) is 3. The maximum Gasteiger partial charge on any atom is 0.242 e. The molecule has 0 heterocycles. The van der Waals surface area contributed by atoms with E-state index in [1.165, 1.54) is 35.0 Å². The predicted molar refractivity (Wildman–Crippen MR) is 122 cm³/mol. The third kappa shape index (κ3) is 7.48. The van der Waals surface area contributed by atoms with E-state index in [0.717, 1.165) is 17.7 Å². The molecule has 4 nitrogen and oxygen atoms in total. The summed E-state index contributed by atoms with van der Waals surface area (Å²) in [6.45, 7) is 7.98. The van der Waals surface area contributed by atoms with Crippen LogP contribution >= 0.6 is 11.8 Å². The van der Waals surface area contributed by atoms with E-state index in [2.05, 4.69) is 11.4 Å². The lowest BCUT2D eigenvalue weighted by Gasteiger charge is -2.29. The summed E-state index contributed by atoms with van der Waals surface area (Å²) < 4.78 is 13.3. The Morgan fingerprint density at radius 1 is 1.10 bits per heavy atom. The van der Waals surface area contributed by atoms with E-state index in [1.807, 2.05) is 39.0 Å². The second-order valence-corrected chi connectivity index (χ2v) is 8.61. The zero-order valence-electron chi connectivity index (χ0n) is 18.2. The van der Waals surface area contributed by atoms with Crippen LogP contribution in [-0.2, 0) is 21.9 Å². The Balaban J connectivity index is 2.07. The van der Waals surface area contributed by atoms with Crippen LogP contribution in [0.25, 0.3) is 0 Å². The summed E-state index contributed by atoms with van der Waals surface area (Å²) in [7, 11) is 0. The van der Waals surface area contributed by atoms with Gasteiger partial charge in [-0.05, 0) is 50.5 Å². The normalized spacial score (nSPS) is 12.8. The fraction of sp³-hybridized carbons (Fsp3) is 0.417. The molecule has 2 atom stereocenters. The van der Waals surface area contributed by atoms with Crippen LogP contribution in [0, 0.1) is 12.7 Å². The maximum atomic E-state index is 13.3. The molecule has 0 spiro atoms. The van der Waals surface area contributed by atoms with Crippen LogP contribution in [0.15, 0.2) is 48.5 Å². The summed E-state index contributed by atoms with van der Waals surface area (Å²) in [6.07, 6.45) is 0.816. The number of carbonyl (C=O) groups excluding carboxylic acids is 2. The van der Waals surface area contributed by atoms with Gasteiger partial charge >= 0.3 is 0 Å². The molecule has 0 radical (unpaired) electrons. The topological polar surface area (TPSA) is 49.4 Å². The van der Waals surface area contributed by atoms with E-state index in [0.29, 0.717) is 0 Å². The number of hydrogen-bond donors (Lipinski definition) is 1. The molecule has 2 amide bonds. The van der Waals surface area contributed by atoms with Crippen molar-refractivity contribution in [1.29, 1.82) is 0 Å². The number of benzene rings is 2. The Morgan fingerprint density at radius 2 is 1.80 bits per heavy atom. The number of nitrogens with one attached hydrogen (secondary N) is 1. The minimum atomic E-state index is -0.615. The number of carbonyl (C=O) groups is 2. The maximum absolute atomic E-state index is 13.3. The molecular formula is C24H31FN2O2S. The Labute approximate surface area is 183 Å².